The van der Waals surface area contributed by atoms with Crippen LogP contribution in [-0.4, -0.2) is 24.0 Å². The maximum absolute atomic E-state index is 11.9. The van der Waals surface area contributed by atoms with E-state index in [2.05, 4.69) is 46.8 Å². The zero-order valence-corrected chi connectivity index (χ0v) is 13.9. The van der Waals surface area contributed by atoms with Crippen molar-refractivity contribution in [3.8, 4) is 0 Å². The molecule has 2 aromatic carbocycles. The third-order valence-corrected chi connectivity index (χ3v) is 4.09. The molecule has 0 aliphatic carbocycles. The molecule has 1 amide bonds. The zero-order valence-electron chi connectivity index (χ0n) is 13.9. The molecule has 3 aromatic rings. The molecular formula is C20H23N3O. The quantitative estimate of drug-likeness (QED) is 0.622. The van der Waals surface area contributed by atoms with Crippen LogP contribution in [0, 0.1) is 6.92 Å². The number of aryl methyl sites for hydroxylation is 1. The first-order chi connectivity index (χ1) is 11.7. The number of anilines is 1. The van der Waals surface area contributed by atoms with E-state index < -0.39 is 0 Å². The lowest BCUT2D eigenvalue weighted by Gasteiger charge is -2.08. The second kappa shape index (κ2) is 7.68. The average Bonchev–Trinajstić information content (AvgIpc) is 2.98. The molecule has 4 nitrogen and oxygen atoms in total. The van der Waals surface area contributed by atoms with Gasteiger partial charge in [-0.15, -0.1) is 0 Å². The van der Waals surface area contributed by atoms with Crippen molar-refractivity contribution in [2.75, 3.05) is 18.4 Å². The fourth-order valence-corrected chi connectivity index (χ4v) is 2.84. The summed E-state index contributed by atoms with van der Waals surface area (Å²) in [5.41, 5.74) is 4.65. The number of hydrogen-bond donors (Lipinski definition) is 3. The Morgan fingerprint density at radius 1 is 1.08 bits per heavy atom. The Labute approximate surface area is 142 Å². The second-order valence-corrected chi connectivity index (χ2v) is 6.01. The SMILES string of the molecule is Cc1cccc(NCCC(=O)NCCc2c[nH]c3ccccc23)c1. The van der Waals surface area contributed by atoms with Crippen LogP contribution in [0.5, 0.6) is 0 Å². The number of benzene rings is 2. The molecule has 3 rings (SSSR count). The first kappa shape index (κ1) is 16.1. The molecule has 3 N–H and O–H groups in total. The number of nitrogens with one attached hydrogen (secondary N) is 3. The van der Waals surface area contributed by atoms with E-state index in [9.17, 15) is 4.79 Å². The Morgan fingerprint density at radius 3 is 2.83 bits per heavy atom. The van der Waals surface area contributed by atoms with E-state index in [0.717, 1.165) is 17.6 Å². The van der Waals surface area contributed by atoms with Crippen LogP contribution >= 0.6 is 0 Å². The van der Waals surface area contributed by atoms with Crippen LogP contribution in [0.15, 0.2) is 54.7 Å². The normalized spacial score (nSPS) is 10.7. The molecule has 0 fully saturated rings. The van der Waals surface area contributed by atoms with E-state index in [1.54, 1.807) is 0 Å². The predicted octanol–water partition coefficient (Wildman–Crippen LogP) is 3.64. The number of carbonyl (C=O) groups is 1. The molecule has 0 atom stereocenters. The summed E-state index contributed by atoms with van der Waals surface area (Å²) in [6.07, 6.45) is 3.33. The minimum atomic E-state index is 0.0787. The van der Waals surface area contributed by atoms with Gasteiger partial charge in [0.1, 0.15) is 0 Å². The van der Waals surface area contributed by atoms with E-state index in [-0.39, 0.29) is 5.91 Å². The highest BCUT2D eigenvalue weighted by atomic mass is 16.1. The van der Waals surface area contributed by atoms with Gasteiger partial charge in [0.2, 0.25) is 5.91 Å². The molecule has 1 aromatic heterocycles. The number of carbonyl (C=O) groups excluding carboxylic acids is 1. The molecule has 0 unspecified atom stereocenters. The zero-order chi connectivity index (χ0) is 16.8. The molecule has 0 aliphatic rings. The molecule has 124 valence electrons. The van der Waals surface area contributed by atoms with Gasteiger partial charge in [-0.05, 0) is 42.7 Å². The maximum Gasteiger partial charge on any atom is 0.221 e. The molecule has 1 heterocycles. The van der Waals surface area contributed by atoms with E-state index in [1.807, 2.05) is 30.5 Å². The van der Waals surface area contributed by atoms with Crippen molar-refractivity contribution in [2.45, 2.75) is 19.8 Å². The molecule has 0 radical (unpaired) electrons. The molecular weight excluding hydrogens is 298 g/mol. The number of aromatic amines is 1. The third-order valence-electron chi connectivity index (χ3n) is 4.09. The smallest absolute Gasteiger partial charge is 0.221 e. The van der Waals surface area contributed by atoms with Gasteiger partial charge < -0.3 is 15.6 Å². The van der Waals surface area contributed by atoms with Crippen molar-refractivity contribution in [3.63, 3.8) is 0 Å². The van der Waals surface area contributed by atoms with E-state index in [1.165, 1.54) is 16.5 Å². The lowest BCUT2D eigenvalue weighted by atomic mass is 10.1. The van der Waals surface area contributed by atoms with Crippen molar-refractivity contribution in [3.05, 3.63) is 65.9 Å². The summed E-state index contributed by atoms with van der Waals surface area (Å²) in [5.74, 6) is 0.0787. The molecule has 4 heteroatoms. The largest absolute Gasteiger partial charge is 0.385 e. The van der Waals surface area contributed by atoms with Crippen LogP contribution in [0.2, 0.25) is 0 Å². The molecule has 0 spiro atoms. The first-order valence-electron chi connectivity index (χ1n) is 8.34. The number of hydrogen-bond acceptors (Lipinski definition) is 2. The van der Waals surface area contributed by atoms with Crippen molar-refractivity contribution in [1.82, 2.24) is 10.3 Å². The maximum atomic E-state index is 11.9. The Kier molecular flexibility index (Phi) is 5.16. The van der Waals surface area contributed by atoms with Crippen LogP contribution in [0.25, 0.3) is 10.9 Å². The topological polar surface area (TPSA) is 56.9 Å². The van der Waals surface area contributed by atoms with E-state index >= 15 is 0 Å². The third kappa shape index (κ3) is 4.16. The van der Waals surface area contributed by atoms with Gasteiger partial charge in [0, 0.05) is 42.3 Å². The van der Waals surface area contributed by atoms with Crippen LogP contribution in [0.4, 0.5) is 5.69 Å². The van der Waals surface area contributed by atoms with Crippen molar-refractivity contribution >= 4 is 22.5 Å². The van der Waals surface area contributed by atoms with E-state index in [4.69, 9.17) is 0 Å². The van der Waals surface area contributed by atoms with Gasteiger partial charge in [-0.25, -0.2) is 0 Å². The number of aromatic nitrogens is 1. The lowest BCUT2D eigenvalue weighted by molar-refractivity contribution is -0.120. The number of rotatable bonds is 7. The minimum absolute atomic E-state index is 0.0787. The monoisotopic (exact) mass is 321 g/mol. The summed E-state index contributed by atoms with van der Waals surface area (Å²) in [7, 11) is 0. The summed E-state index contributed by atoms with van der Waals surface area (Å²) >= 11 is 0. The average molecular weight is 321 g/mol. The lowest BCUT2D eigenvalue weighted by Crippen LogP contribution is -2.27. The van der Waals surface area contributed by atoms with E-state index in [0.29, 0.717) is 19.5 Å². The van der Waals surface area contributed by atoms with Crippen LogP contribution in [0.3, 0.4) is 0 Å². The molecule has 0 aliphatic heterocycles. The highest BCUT2D eigenvalue weighted by molar-refractivity contribution is 5.83. The van der Waals surface area contributed by atoms with Crippen molar-refractivity contribution in [2.24, 2.45) is 0 Å². The molecule has 0 bridgehead atoms. The number of H-pyrrole nitrogens is 1. The number of fused-ring (bicyclic) bond motifs is 1. The number of amides is 1. The molecule has 24 heavy (non-hydrogen) atoms. The predicted molar refractivity (Wildman–Crippen MR) is 99.3 cm³/mol. The van der Waals surface area contributed by atoms with Gasteiger partial charge in [0.05, 0.1) is 0 Å². The van der Waals surface area contributed by atoms with Gasteiger partial charge >= 0.3 is 0 Å². The number of para-hydroxylation sites is 1. The van der Waals surface area contributed by atoms with Gasteiger partial charge in [-0.2, -0.15) is 0 Å². The first-order valence-corrected chi connectivity index (χ1v) is 8.34. The van der Waals surface area contributed by atoms with Crippen LogP contribution < -0.4 is 10.6 Å². The molecule has 0 saturated heterocycles. The van der Waals surface area contributed by atoms with Gasteiger partial charge in [-0.3, -0.25) is 4.79 Å². The summed E-state index contributed by atoms with van der Waals surface area (Å²) in [5, 5.41) is 7.50. The Bertz CT molecular complexity index is 822. The Morgan fingerprint density at radius 2 is 1.96 bits per heavy atom. The Balaban J connectivity index is 1.40. The molecule has 0 saturated carbocycles. The van der Waals surface area contributed by atoms with Gasteiger partial charge in [-0.1, -0.05) is 30.3 Å². The summed E-state index contributed by atoms with van der Waals surface area (Å²) < 4.78 is 0. The van der Waals surface area contributed by atoms with Gasteiger partial charge in [0.15, 0.2) is 0 Å². The second-order valence-electron chi connectivity index (χ2n) is 6.01. The fourth-order valence-electron chi connectivity index (χ4n) is 2.84. The van der Waals surface area contributed by atoms with Crippen molar-refractivity contribution in [1.29, 1.82) is 0 Å². The minimum Gasteiger partial charge on any atom is -0.385 e. The van der Waals surface area contributed by atoms with Crippen LogP contribution in [-0.2, 0) is 11.2 Å². The fraction of sp³-hybridized carbons (Fsp3) is 0.250. The Hall–Kier alpha value is -2.75. The van der Waals surface area contributed by atoms with Crippen molar-refractivity contribution < 1.29 is 4.79 Å². The highest BCUT2D eigenvalue weighted by Gasteiger charge is 2.04. The summed E-state index contributed by atoms with van der Waals surface area (Å²) in [4.78, 5) is 15.2. The summed E-state index contributed by atoms with van der Waals surface area (Å²) in [6.45, 7) is 3.36. The standard InChI is InChI=1S/C20H23N3O/c1-15-5-4-6-17(13-15)21-12-10-20(24)22-11-9-16-14-23-19-8-3-2-7-18(16)19/h2-8,13-14,21,23H,9-12H2,1H3,(H,22,24). The highest BCUT2D eigenvalue weighted by Crippen LogP contribution is 2.17. The van der Waals surface area contributed by atoms with Gasteiger partial charge in [0.25, 0.3) is 0 Å². The van der Waals surface area contributed by atoms with Crippen LogP contribution in [0.1, 0.15) is 17.5 Å². The summed E-state index contributed by atoms with van der Waals surface area (Å²) in [6, 6.07) is 16.4.